The predicted molar refractivity (Wildman–Crippen MR) is 59.8 cm³/mol. The summed E-state index contributed by atoms with van der Waals surface area (Å²) in [6, 6.07) is 0. The van der Waals surface area contributed by atoms with Crippen molar-refractivity contribution in [3.8, 4) is 0 Å². The summed E-state index contributed by atoms with van der Waals surface area (Å²) < 4.78 is 9.26. The lowest BCUT2D eigenvalue weighted by molar-refractivity contribution is 0.404. The molecule has 2 nitrogen and oxygen atoms in total. The smallest absolute Gasteiger partial charge is 0.158 e. The van der Waals surface area contributed by atoms with Gasteiger partial charge >= 0.3 is 0 Å². The molecule has 0 aliphatic carbocycles. The Balaban J connectivity index is 0. The summed E-state index contributed by atoms with van der Waals surface area (Å²) in [5.41, 5.74) is 0. The second kappa shape index (κ2) is 10.8. The predicted octanol–water partition coefficient (Wildman–Crippen LogP) is 2.74. The van der Waals surface area contributed by atoms with Gasteiger partial charge in [-0.3, -0.25) is 0 Å². The number of hydrogen-bond donors (Lipinski definition) is 0. The van der Waals surface area contributed by atoms with Gasteiger partial charge in [-0.25, -0.2) is 0 Å². The van der Waals surface area contributed by atoms with Crippen molar-refractivity contribution < 1.29 is 9.47 Å². The van der Waals surface area contributed by atoms with E-state index in [9.17, 15) is 0 Å². The molecule has 4 heteroatoms. The van der Waals surface area contributed by atoms with Crippen LogP contribution in [0, 0.1) is 0 Å². The molecule has 0 aromatic heterocycles. The zero-order valence-electron chi connectivity index (χ0n) is 8.05. The number of rotatable bonds is 2. The van der Waals surface area contributed by atoms with E-state index in [2.05, 4.69) is 33.9 Å². The van der Waals surface area contributed by atoms with E-state index in [-0.39, 0.29) is 0 Å². The summed E-state index contributed by atoms with van der Waals surface area (Å²) in [5.74, 6) is 0. The fourth-order valence-electron chi connectivity index (χ4n) is 0.289. The molecule has 0 spiro atoms. The fraction of sp³-hybridized carbons (Fsp3) is 0.750. The van der Waals surface area contributed by atoms with Crippen molar-refractivity contribution in [3.63, 3.8) is 0 Å². The normalized spacial score (nSPS) is 7.67. The molecule has 0 N–H and O–H groups in total. The Hall–Kier alpha value is -0.220. The zero-order valence-corrected chi connectivity index (χ0v) is 9.68. The molecular formula is C8H16O2S2. The molecule has 0 aliphatic rings. The average Bonchev–Trinajstić information content (AvgIpc) is 2.16. The molecule has 0 fully saturated rings. The molecular weight excluding hydrogens is 192 g/mol. The van der Waals surface area contributed by atoms with Gasteiger partial charge in [0.05, 0.1) is 14.2 Å². The highest BCUT2D eigenvalue weighted by Crippen LogP contribution is 1.82. The van der Waals surface area contributed by atoms with E-state index in [4.69, 9.17) is 0 Å². The molecule has 0 aromatic carbocycles. The molecule has 72 valence electrons. The molecule has 0 heterocycles. The first kappa shape index (κ1) is 14.3. The molecule has 0 saturated carbocycles. The lowest BCUT2D eigenvalue weighted by Crippen LogP contribution is -1.91. The van der Waals surface area contributed by atoms with Crippen molar-refractivity contribution in [1.29, 1.82) is 0 Å². The van der Waals surface area contributed by atoms with E-state index in [1.54, 1.807) is 14.2 Å². The third-order valence-electron chi connectivity index (χ3n) is 1.03. The fourth-order valence-corrected chi connectivity index (χ4v) is 0.289. The first-order chi connectivity index (χ1) is 5.62. The summed E-state index contributed by atoms with van der Waals surface area (Å²) in [7, 11) is 3.18. The zero-order chi connectivity index (χ0) is 9.98. The summed E-state index contributed by atoms with van der Waals surface area (Å²) in [4.78, 5) is 0. The monoisotopic (exact) mass is 208 g/mol. The van der Waals surface area contributed by atoms with Crippen LogP contribution >= 0.6 is 24.4 Å². The molecule has 0 unspecified atom stereocenters. The Bertz CT molecular complexity index is 107. The Morgan fingerprint density at radius 1 is 0.917 bits per heavy atom. The molecule has 0 rings (SSSR count). The molecule has 0 amide bonds. The van der Waals surface area contributed by atoms with Gasteiger partial charge in [0.2, 0.25) is 0 Å². The van der Waals surface area contributed by atoms with Gasteiger partial charge in [-0.2, -0.15) is 0 Å². The van der Waals surface area contributed by atoms with Gasteiger partial charge in [-0.15, -0.1) is 0 Å². The second-order valence-electron chi connectivity index (χ2n) is 1.86. The van der Waals surface area contributed by atoms with Crippen molar-refractivity contribution in [3.05, 3.63) is 0 Å². The number of methoxy groups -OCH3 is 2. The van der Waals surface area contributed by atoms with Crippen molar-refractivity contribution in [1.82, 2.24) is 0 Å². The van der Waals surface area contributed by atoms with Crippen LogP contribution in [-0.4, -0.2) is 24.3 Å². The first-order valence-electron chi connectivity index (χ1n) is 3.75. The van der Waals surface area contributed by atoms with Crippen LogP contribution in [0.3, 0.4) is 0 Å². The SMILES string of the molecule is CCC(=S)OC.CCC(=S)OC. The third kappa shape index (κ3) is 12.5. The highest BCUT2D eigenvalue weighted by Gasteiger charge is 1.81. The summed E-state index contributed by atoms with van der Waals surface area (Å²) in [5, 5.41) is 1.35. The lowest BCUT2D eigenvalue weighted by Gasteiger charge is -1.91. The van der Waals surface area contributed by atoms with Crippen LogP contribution in [0.1, 0.15) is 26.7 Å². The Morgan fingerprint density at radius 2 is 1.17 bits per heavy atom. The third-order valence-corrected chi connectivity index (χ3v) is 1.94. The Morgan fingerprint density at radius 3 is 1.17 bits per heavy atom. The molecule has 0 aliphatic heterocycles. The largest absolute Gasteiger partial charge is 0.490 e. The maximum absolute atomic E-state index is 4.63. The van der Waals surface area contributed by atoms with Gasteiger partial charge in [0.25, 0.3) is 0 Å². The Labute approximate surface area is 85.2 Å². The van der Waals surface area contributed by atoms with Crippen LogP contribution in [0.25, 0.3) is 0 Å². The van der Waals surface area contributed by atoms with E-state index in [1.807, 2.05) is 13.8 Å². The molecule has 0 atom stereocenters. The molecule has 0 bridgehead atoms. The quantitative estimate of drug-likeness (QED) is 0.649. The maximum Gasteiger partial charge on any atom is 0.158 e. The first-order valence-corrected chi connectivity index (χ1v) is 4.57. The van der Waals surface area contributed by atoms with Gasteiger partial charge in [0.1, 0.15) is 0 Å². The van der Waals surface area contributed by atoms with Crippen LogP contribution in [0.4, 0.5) is 0 Å². The van der Waals surface area contributed by atoms with Crippen LogP contribution in [0.2, 0.25) is 0 Å². The Kier molecular flexibility index (Phi) is 12.9. The van der Waals surface area contributed by atoms with Gasteiger partial charge in [0, 0.05) is 12.8 Å². The molecule has 0 radical (unpaired) electrons. The minimum absolute atomic E-state index is 0.676. The van der Waals surface area contributed by atoms with Crippen LogP contribution < -0.4 is 0 Å². The van der Waals surface area contributed by atoms with Crippen LogP contribution in [0.15, 0.2) is 0 Å². The highest BCUT2D eigenvalue weighted by molar-refractivity contribution is 7.80. The van der Waals surface area contributed by atoms with Crippen LogP contribution in [0.5, 0.6) is 0 Å². The minimum Gasteiger partial charge on any atom is -0.490 e. The van der Waals surface area contributed by atoms with Crippen molar-refractivity contribution >= 4 is 34.5 Å². The van der Waals surface area contributed by atoms with E-state index in [1.165, 1.54) is 0 Å². The second-order valence-corrected chi connectivity index (χ2v) is 2.77. The van der Waals surface area contributed by atoms with E-state index in [0.717, 1.165) is 12.8 Å². The van der Waals surface area contributed by atoms with Crippen molar-refractivity contribution in [2.45, 2.75) is 26.7 Å². The number of thiocarbonyl (C=S) groups is 2. The van der Waals surface area contributed by atoms with Gasteiger partial charge in [-0.05, 0) is 24.4 Å². The molecule has 0 aromatic rings. The van der Waals surface area contributed by atoms with Gasteiger partial charge < -0.3 is 9.47 Å². The minimum atomic E-state index is 0.676. The summed E-state index contributed by atoms with van der Waals surface area (Å²) in [6.45, 7) is 3.93. The van der Waals surface area contributed by atoms with Crippen molar-refractivity contribution in [2.24, 2.45) is 0 Å². The van der Waals surface area contributed by atoms with Crippen LogP contribution in [-0.2, 0) is 9.47 Å². The number of ether oxygens (including phenoxy) is 2. The standard InChI is InChI=1S/2C4H8OS/c2*1-3-4(6)5-2/h2*3H2,1-2H3. The number of hydrogen-bond acceptors (Lipinski definition) is 4. The van der Waals surface area contributed by atoms with E-state index in [0.29, 0.717) is 10.1 Å². The molecule has 12 heavy (non-hydrogen) atoms. The van der Waals surface area contributed by atoms with E-state index < -0.39 is 0 Å². The maximum atomic E-state index is 4.63. The van der Waals surface area contributed by atoms with Crippen molar-refractivity contribution in [2.75, 3.05) is 14.2 Å². The van der Waals surface area contributed by atoms with Gasteiger partial charge in [-0.1, -0.05) is 13.8 Å². The molecule has 0 saturated heterocycles. The van der Waals surface area contributed by atoms with Gasteiger partial charge in [0.15, 0.2) is 10.1 Å². The summed E-state index contributed by atoms with van der Waals surface area (Å²) >= 11 is 9.27. The summed E-state index contributed by atoms with van der Waals surface area (Å²) in [6.07, 6.45) is 1.68. The average molecular weight is 208 g/mol. The highest BCUT2D eigenvalue weighted by atomic mass is 32.1. The van der Waals surface area contributed by atoms with E-state index >= 15 is 0 Å². The topological polar surface area (TPSA) is 18.5 Å². The lowest BCUT2D eigenvalue weighted by atomic mass is 10.5.